The Morgan fingerprint density at radius 2 is 0.506 bits per heavy atom. The average molecular weight is 1100 g/mol. The number of rotatable bonds is 5. The third kappa shape index (κ3) is 7.78. The maximum absolute atomic E-state index is 2.39. The van der Waals surface area contributed by atoms with Crippen molar-refractivity contribution in [3.8, 4) is 111 Å². The van der Waals surface area contributed by atoms with Crippen LogP contribution in [0.3, 0.4) is 0 Å². The molecule has 0 saturated carbocycles. The fraction of sp³-hybridized carbons (Fsp3) is 0.0345. The van der Waals surface area contributed by atoms with Crippen LogP contribution in [0.5, 0.6) is 0 Å². The first-order valence-corrected chi connectivity index (χ1v) is 30.5. The van der Waals surface area contributed by atoms with E-state index in [9.17, 15) is 0 Å². The van der Waals surface area contributed by atoms with Crippen molar-refractivity contribution >= 4 is 64.6 Å². The molecule has 0 aromatic heterocycles. The van der Waals surface area contributed by atoms with Gasteiger partial charge in [0, 0.05) is 5.41 Å². The Bertz CT molecular complexity index is 5480. The molecule has 0 bridgehead atoms. The molecule has 0 radical (unpaired) electrons. The fourth-order valence-electron chi connectivity index (χ4n) is 15.2. The Morgan fingerprint density at radius 1 is 0.172 bits per heavy atom. The van der Waals surface area contributed by atoms with E-state index in [2.05, 4.69) is 317 Å². The van der Waals surface area contributed by atoms with Gasteiger partial charge in [0.1, 0.15) is 0 Å². The quantitative estimate of drug-likeness (QED) is 0.161. The normalized spacial score (nSPS) is 12.8. The zero-order valence-electron chi connectivity index (χ0n) is 48.4. The van der Waals surface area contributed by atoms with Crippen LogP contribution < -0.4 is 0 Å². The van der Waals surface area contributed by atoms with Gasteiger partial charge in [-0.05, 0) is 242 Å². The van der Waals surface area contributed by atoms with E-state index in [1.54, 1.807) is 0 Å². The third-order valence-electron chi connectivity index (χ3n) is 19.6. The number of hydrogen-bond donors (Lipinski definition) is 0. The van der Waals surface area contributed by atoms with Crippen LogP contribution in [-0.4, -0.2) is 0 Å². The summed E-state index contributed by atoms with van der Waals surface area (Å²) in [6, 6.07) is 113. The highest BCUT2D eigenvalue weighted by atomic mass is 14.4. The number of benzene rings is 16. The van der Waals surface area contributed by atoms with E-state index in [1.807, 2.05) is 0 Å². The van der Waals surface area contributed by atoms with Gasteiger partial charge in [-0.25, -0.2) is 0 Å². The van der Waals surface area contributed by atoms with Crippen LogP contribution in [0, 0.1) is 0 Å². The van der Waals surface area contributed by atoms with Gasteiger partial charge >= 0.3 is 0 Å². The summed E-state index contributed by atoms with van der Waals surface area (Å²) < 4.78 is 0. The molecule has 0 unspecified atom stereocenters. The van der Waals surface area contributed by atoms with Gasteiger partial charge in [0.05, 0.1) is 0 Å². The van der Waals surface area contributed by atoms with Gasteiger partial charge in [0.2, 0.25) is 0 Å². The van der Waals surface area contributed by atoms with E-state index in [0.717, 1.165) is 0 Å². The second kappa shape index (κ2) is 19.0. The topological polar surface area (TPSA) is 0 Å². The monoisotopic (exact) mass is 1100 g/mol. The molecule has 0 spiro atoms. The molecule has 404 valence electrons. The molecule has 16 aromatic rings. The maximum atomic E-state index is 2.39. The molecule has 0 N–H and O–H groups in total. The van der Waals surface area contributed by atoms with E-state index in [4.69, 9.17) is 0 Å². The van der Waals surface area contributed by atoms with Gasteiger partial charge in [-0.2, -0.15) is 0 Å². The smallest absolute Gasteiger partial charge is 0.0158 e. The van der Waals surface area contributed by atoms with Crippen molar-refractivity contribution in [1.29, 1.82) is 0 Å². The lowest BCUT2D eigenvalue weighted by atomic mass is 9.82. The molecule has 0 amide bonds. The van der Waals surface area contributed by atoms with Crippen molar-refractivity contribution in [1.82, 2.24) is 0 Å². The fourth-order valence-corrected chi connectivity index (χ4v) is 15.2. The lowest BCUT2D eigenvalue weighted by molar-refractivity contribution is 0.660. The minimum Gasteiger partial charge on any atom is -0.0622 e. The summed E-state index contributed by atoms with van der Waals surface area (Å²) in [6.07, 6.45) is 0. The minimum absolute atomic E-state index is 0.0382. The SMILES string of the molecule is CC1(C)c2ccccc2-c2cc(-c3ccc(-c4ccc5c6c(cccc46)-c4cc6ccccc6cc4-5)cc3)ccc21.c1ccc(-c2ccc3cc(-c4ccc5cc(-c6ccc7c8c(cccc68)-c6cc8ccccc8cc6-7)ccc5c4)ccc3c2)cc1. The van der Waals surface area contributed by atoms with Crippen LogP contribution in [0.2, 0.25) is 0 Å². The summed E-state index contributed by atoms with van der Waals surface area (Å²) in [5.41, 5.74) is 28.9. The molecule has 3 aliphatic carbocycles. The summed E-state index contributed by atoms with van der Waals surface area (Å²) >= 11 is 0. The second-order valence-corrected chi connectivity index (χ2v) is 24.7. The second-order valence-electron chi connectivity index (χ2n) is 24.7. The molecule has 0 atom stereocenters. The van der Waals surface area contributed by atoms with Crippen LogP contribution in [0.4, 0.5) is 0 Å². The molecule has 0 nitrogen and oxygen atoms in total. The van der Waals surface area contributed by atoms with Crippen molar-refractivity contribution in [2.75, 3.05) is 0 Å². The zero-order valence-corrected chi connectivity index (χ0v) is 48.4. The number of fused-ring (bicyclic) bond motifs is 13. The first-order valence-electron chi connectivity index (χ1n) is 30.5. The summed E-state index contributed by atoms with van der Waals surface area (Å²) in [5, 5.41) is 15.6. The van der Waals surface area contributed by atoms with Gasteiger partial charge in [-0.1, -0.05) is 263 Å². The first kappa shape index (κ1) is 49.5. The van der Waals surface area contributed by atoms with Gasteiger partial charge in [-0.15, -0.1) is 0 Å². The van der Waals surface area contributed by atoms with Crippen molar-refractivity contribution in [3.63, 3.8) is 0 Å². The predicted octanol–water partition coefficient (Wildman–Crippen LogP) is 24.2. The van der Waals surface area contributed by atoms with Crippen molar-refractivity contribution in [2.24, 2.45) is 0 Å². The van der Waals surface area contributed by atoms with Crippen LogP contribution in [0.25, 0.3) is 176 Å². The molecule has 16 aromatic carbocycles. The Balaban J connectivity index is 0.000000132. The molecule has 19 rings (SSSR count). The van der Waals surface area contributed by atoms with Crippen LogP contribution in [0.1, 0.15) is 25.0 Å². The van der Waals surface area contributed by atoms with E-state index in [-0.39, 0.29) is 5.41 Å². The Morgan fingerprint density at radius 3 is 1.03 bits per heavy atom. The van der Waals surface area contributed by atoms with Crippen molar-refractivity contribution < 1.29 is 0 Å². The largest absolute Gasteiger partial charge is 0.0622 e. The van der Waals surface area contributed by atoms with Crippen LogP contribution in [0.15, 0.2) is 303 Å². The Hall–Kier alpha value is -10.9. The Kier molecular flexibility index (Phi) is 10.8. The first-order chi connectivity index (χ1) is 42.8. The van der Waals surface area contributed by atoms with Crippen molar-refractivity contribution in [2.45, 2.75) is 19.3 Å². The highest BCUT2D eigenvalue weighted by molar-refractivity contribution is 6.22. The van der Waals surface area contributed by atoms with Gasteiger partial charge in [0.15, 0.2) is 0 Å². The molecule has 0 heterocycles. The van der Waals surface area contributed by atoms with Crippen LogP contribution in [-0.2, 0) is 5.41 Å². The van der Waals surface area contributed by atoms with E-state index in [1.165, 1.54) is 187 Å². The molecule has 87 heavy (non-hydrogen) atoms. The number of hydrogen-bond acceptors (Lipinski definition) is 0. The molecule has 0 heteroatoms. The lowest BCUT2D eigenvalue weighted by Gasteiger charge is -2.21. The lowest BCUT2D eigenvalue weighted by Crippen LogP contribution is -2.14. The van der Waals surface area contributed by atoms with Gasteiger partial charge < -0.3 is 0 Å². The van der Waals surface area contributed by atoms with Crippen LogP contribution >= 0.6 is 0 Å². The van der Waals surface area contributed by atoms with E-state index >= 15 is 0 Å². The molecule has 0 aliphatic heterocycles. The summed E-state index contributed by atoms with van der Waals surface area (Å²) in [6.45, 7) is 4.68. The highest BCUT2D eigenvalue weighted by Crippen LogP contribution is 2.54. The maximum Gasteiger partial charge on any atom is 0.0158 e. The third-order valence-corrected chi connectivity index (χ3v) is 19.6. The standard InChI is InChI=1S/C46H28.C41H28/c1-2-7-29(8-3-1)32-13-14-34-24-35(16-15-33(34)23-32)36-17-18-38-26-39(20-19-37(38)25-36)40-21-22-43-45-28-31-10-5-4-9-30(31)27-44(45)42-12-6-11-41(40)46(42)43;1-41(2)38-13-6-5-10-31(38)37-24-29(18-21-39(37)41)25-14-16-26(17-15-25)30-19-20-34-36-23-28-9-4-3-8-27(28)22-35(36)33-12-7-11-32(30)40(33)34/h1-28H;3-24H,1-2H3. The molecule has 0 fully saturated rings. The molecular weight excluding hydrogens is 1040 g/mol. The average Bonchev–Trinajstić information content (AvgIpc) is 2.37. The van der Waals surface area contributed by atoms with Crippen molar-refractivity contribution in [3.05, 3.63) is 314 Å². The zero-order chi connectivity index (χ0) is 57.5. The Labute approximate surface area is 506 Å². The molecular formula is C87H56. The van der Waals surface area contributed by atoms with E-state index in [0.29, 0.717) is 0 Å². The predicted molar refractivity (Wildman–Crippen MR) is 372 cm³/mol. The molecule has 3 aliphatic rings. The van der Waals surface area contributed by atoms with Gasteiger partial charge in [0.25, 0.3) is 0 Å². The van der Waals surface area contributed by atoms with E-state index < -0.39 is 0 Å². The summed E-state index contributed by atoms with van der Waals surface area (Å²) in [5.74, 6) is 0. The summed E-state index contributed by atoms with van der Waals surface area (Å²) in [7, 11) is 0. The molecule has 0 saturated heterocycles. The highest BCUT2D eigenvalue weighted by Gasteiger charge is 2.35. The minimum atomic E-state index is 0.0382. The van der Waals surface area contributed by atoms with Gasteiger partial charge in [-0.3, -0.25) is 0 Å². The summed E-state index contributed by atoms with van der Waals surface area (Å²) in [4.78, 5) is 0.